The summed E-state index contributed by atoms with van der Waals surface area (Å²) in [5.74, 6) is 0.518. The van der Waals surface area contributed by atoms with Crippen LogP contribution >= 0.6 is 0 Å². The Hall–Kier alpha value is -2.71. The summed E-state index contributed by atoms with van der Waals surface area (Å²) in [5.41, 5.74) is 0.584. The molecule has 1 aliphatic heterocycles. The second-order valence-corrected chi connectivity index (χ2v) is 7.11. The van der Waals surface area contributed by atoms with Crippen molar-refractivity contribution in [2.45, 2.75) is 13.0 Å². The van der Waals surface area contributed by atoms with E-state index in [1.807, 2.05) is 29.3 Å². The number of nitrogens with zero attached hydrogens (tertiary/aromatic N) is 1. The van der Waals surface area contributed by atoms with Crippen LogP contribution in [0.2, 0.25) is 0 Å². The molecule has 28 heavy (non-hydrogen) atoms. The van der Waals surface area contributed by atoms with Crippen molar-refractivity contribution < 1.29 is 28.6 Å². The van der Waals surface area contributed by atoms with E-state index in [4.69, 9.17) is 4.42 Å². The van der Waals surface area contributed by atoms with E-state index in [-0.39, 0.29) is 23.7 Å². The fourth-order valence-corrected chi connectivity index (χ4v) is 3.29. The Kier molecular flexibility index (Phi) is 6.78. The van der Waals surface area contributed by atoms with Gasteiger partial charge in [0.2, 0.25) is 0 Å². The van der Waals surface area contributed by atoms with Crippen LogP contribution in [0.15, 0.2) is 47.1 Å². The van der Waals surface area contributed by atoms with Crippen LogP contribution in [0.25, 0.3) is 0 Å². The zero-order chi connectivity index (χ0) is 19.9. The van der Waals surface area contributed by atoms with E-state index in [0.717, 1.165) is 23.7 Å². The molecule has 2 amide bonds. The molecule has 1 aromatic heterocycles. The zero-order valence-corrected chi connectivity index (χ0v) is 16.0. The van der Waals surface area contributed by atoms with Crippen LogP contribution in [0.1, 0.15) is 18.7 Å². The molecule has 1 saturated heterocycles. The van der Waals surface area contributed by atoms with Crippen molar-refractivity contribution in [2.24, 2.45) is 0 Å². The number of nitrogens with one attached hydrogen (secondary N) is 2. The van der Waals surface area contributed by atoms with Crippen molar-refractivity contribution in [2.75, 3.05) is 44.6 Å². The van der Waals surface area contributed by atoms with Crippen molar-refractivity contribution in [1.82, 2.24) is 4.90 Å². The van der Waals surface area contributed by atoms with Gasteiger partial charge in [-0.1, -0.05) is 0 Å². The summed E-state index contributed by atoms with van der Waals surface area (Å²) < 4.78 is 18.3. The topological polar surface area (TPSA) is 83.6 Å². The smallest absolute Gasteiger partial charge is 0.279 e. The first kappa shape index (κ1) is 20.0. The number of anilines is 1. The molecule has 1 fully saturated rings. The van der Waals surface area contributed by atoms with Crippen LogP contribution in [-0.4, -0.2) is 56.0 Å². The normalized spacial score (nSPS) is 16.0. The van der Waals surface area contributed by atoms with E-state index >= 15 is 0 Å². The molecule has 7 nitrogen and oxygen atoms in total. The highest BCUT2D eigenvalue weighted by atomic mass is 19.1. The summed E-state index contributed by atoms with van der Waals surface area (Å²) in [5, 5.41) is 4.74. The lowest BCUT2D eigenvalue weighted by Gasteiger charge is -2.31. The molecule has 3 rings (SSSR count). The van der Waals surface area contributed by atoms with E-state index in [1.54, 1.807) is 18.4 Å². The minimum atomic E-state index is -0.333. The molecule has 4 N–H and O–H groups in total. The van der Waals surface area contributed by atoms with Crippen molar-refractivity contribution in [3.05, 3.63) is 54.2 Å². The maximum absolute atomic E-state index is 12.9. The molecule has 1 atom stereocenters. The van der Waals surface area contributed by atoms with Gasteiger partial charge in [0, 0.05) is 5.69 Å². The molecular formula is C20H27FN4O3+2. The summed E-state index contributed by atoms with van der Waals surface area (Å²) in [7, 11) is 0. The number of furan rings is 1. The van der Waals surface area contributed by atoms with E-state index in [1.165, 1.54) is 12.1 Å². The second kappa shape index (κ2) is 9.48. The molecule has 8 heteroatoms. The predicted molar refractivity (Wildman–Crippen MR) is 101 cm³/mol. The summed E-state index contributed by atoms with van der Waals surface area (Å²) in [6.07, 6.45) is 1.63. The molecule has 0 bridgehead atoms. The van der Waals surface area contributed by atoms with E-state index < -0.39 is 0 Å². The third kappa shape index (κ3) is 5.64. The van der Waals surface area contributed by atoms with Gasteiger partial charge < -0.3 is 24.9 Å². The number of quaternary nitrogens is 2. The van der Waals surface area contributed by atoms with Crippen molar-refractivity contribution in [1.29, 1.82) is 0 Å². The molecule has 150 valence electrons. The van der Waals surface area contributed by atoms with Gasteiger partial charge in [0.25, 0.3) is 11.8 Å². The standard InChI is InChI=1S/C20H25FN4O3/c1-15(18-3-2-12-28-18)22-13-20(27)25-10-8-24(9-11-25)14-19(26)23-17-6-4-16(21)5-7-17/h2-7,12,15,22H,8-11,13-14H2,1H3,(H,23,26)/p+2/t15-/m1/s1. The number of piperazine rings is 1. The number of hydrogen-bond donors (Lipinski definition) is 3. The first-order valence-corrected chi connectivity index (χ1v) is 9.55. The number of nitrogens with two attached hydrogens (primary N) is 1. The Balaban J connectivity index is 1.37. The van der Waals surface area contributed by atoms with Crippen LogP contribution in [-0.2, 0) is 9.59 Å². The highest BCUT2D eigenvalue weighted by Crippen LogP contribution is 2.08. The van der Waals surface area contributed by atoms with Crippen LogP contribution in [0.5, 0.6) is 0 Å². The maximum atomic E-state index is 12.9. The fraction of sp³-hybridized carbons (Fsp3) is 0.400. The number of carbonyl (C=O) groups excluding carboxylic acids is 2. The third-order valence-electron chi connectivity index (χ3n) is 5.00. The van der Waals surface area contributed by atoms with Crippen LogP contribution in [0.4, 0.5) is 10.1 Å². The predicted octanol–water partition coefficient (Wildman–Crippen LogP) is -0.591. The lowest BCUT2D eigenvalue weighted by Crippen LogP contribution is -3.15. The quantitative estimate of drug-likeness (QED) is 0.591. The molecule has 1 aliphatic rings. The molecule has 2 aromatic rings. The van der Waals surface area contributed by atoms with Gasteiger partial charge in [-0.3, -0.25) is 9.59 Å². The minimum Gasteiger partial charge on any atom is -0.463 e. The average molecular weight is 390 g/mol. The first-order valence-electron chi connectivity index (χ1n) is 9.55. The van der Waals surface area contributed by atoms with Crippen LogP contribution in [0, 0.1) is 5.82 Å². The van der Waals surface area contributed by atoms with Crippen molar-refractivity contribution >= 4 is 17.5 Å². The number of rotatable bonds is 7. The van der Waals surface area contributed by atoms with E-state index in [9.17, 15) is 14.0 Å². The molecule has 0 saturated carbocycles. The van der Waals surface area contributed by atoms with Crippen LogP contribution in [0.3, 0.4) is 0 Å². The molecule has 0 radical (unpaired) electrons. The summed E-state index contributed by atoms with van der Waals surface area (Å²) in [6, 6.07) is 9.56. The number of amides is 2. The highest BCUT2D eigenvalue weighted by Gasteiger charge is 2.26. The fourth-order valence-electron chi connectivity index (χ4n) is 3.29. The lowest BCUT2D eigenvalue weighted by molar-refractivity contribution is -0.895. The molecule has 1 aromatic carbocycles. The average Bonchev–Trinajstić information content (AvgIpc) is 3.23. The van der Waals surface area contributed by atoms with Gasteiger partial charge in [-0.25, -0.2) is 4.39 Å². The second-order valence-electron chi connectivity index (χ2n) is 7.11. The highest BCUT2D eigenvalue weighted by molar-refractivity contribution is 5.91. The Morgan fingerprint density at radius 2 is 1.96 bits per heavy atom. The first-order chi connectivity index (χ1) is 13.5. The molecule has 0 aliphatic carbocycles. The van der Waals surface area contributed by atoms with Crippen molar-refractivity contribution in [3.63, 3.8) is 0 Å². The number of hydrogen-bond acceptors (Lipinski definition) is 3. The van der Waals surface area contributed by atoms with Gasteiger partial charge in [-0.15, -0.1) is 0 Å². The number of halogens is 1. The molecule has 0 unspecified atom stereocenters. The van der Waals surface area contributed by atoms with Gasteiger partial charge in [0.1, 0.15) is 11.9 Å². The van der Waals surface area contributed by atoms with Gasteiger partial charge in [0.05, 0.1) is 32.4 Å². The summed E-state index contributed by atoms with van der Waals surface area (Å²) >= 11 is 0. The Labute approximate surface area is 163 Å². The summed E-state index contributed by atoms with van der Waals surface area (Å²) in [6.45, 7) is 5.46. The van der Waals surface area contributed by atoms with Crippen LogP contribution < -0.4 is 15.5 Å². The SMILES string of the molecule is C[C@@H]([NH2+]CC(=O)N1CC[NH+](CC(=O)Nc2ccc(F)cc2)CC1)c1ccco1. The molecule has 2 heterocycles. The lowest BCUT2D eigenvalue weighted by atomic mass is 10.2. The minimum absolute atomic E-state index is 0.0982. The van der Waals surface area contributed by atoms with E-state index in [2.05, 4.69) is 5.32 Å². The zero-order valence-electron chi connectivity index (χ0n) is 16.0. The number of carbonyl (C=O) groups is 2. The Morgan fingerprint density at radius 3 is 2.61 bits per heavy atom. The largest absolute Gasteiger partial charge is 0.463 e. The van der Waals surface area contributed by atoms with Gasteiger partial charge >= 0.3 is 0 Å². The summed E-state index contributed by atoms with van der Waals surface area (Å²) in [4.78, 5) is 27.6. The Morgan fingerprint density at radius 1 is 1.25 bits per heavy atom. The van der Waals surface area contributed by atoms with E-state index in [0.29, 0.717) is 31.9 Å². The molecule has 0 spiro atoms. The maximum Gasteiger partial charge on any atom is 0.279 e. The van der Waals surface area contributed by atoms with Gasteiger partial charge in [0.15, 0.2) is 18.8 Å². The van der Waals surface area contributed by atoms with Gasteiger partial charge in [-0.05, 0) is 43.3 Å². The Bertz CT molecular complexity index is 771. The monoisotopic (exact) mass is 390 g/mol. The number of benzene rings is 1. The third-order valence-corrected chi connectivity index (χ3v) is 5.00. The van der Waals surface area contributed by atoms with Gasteiger partial charge in [-0.2, -0.15) is 0 Å². The van der Waals surface area contributed by atoms with Crippen molar-refractivity contribution in [3.8, 4) is 0 Å². The molecular weight excluding hydrogens is 363 g/mol.